The van der Waals surface area contributed by atoms with E-state index in [1.807, 2.05) is 24.3 Å². The first kappa shape index (κ1) is 15.5. The largest absolute Gasteiger partial charge is 0.497 e. The van der Waals surface area contributed by atoms with Crippen molar-refractivity contribution in [1.82, 2.24) is 15.3 Å². The van der Waals surface area contributed by atoms with Gasteiger partial charge in [0.25, 0.3) is 5.91 Å². The van der Waals surface area contributed by atoms with Gasteiger partial charge in [0.1, 0.15) is 12.1 Å². The highest BCUT2D eigenvalue weighted by molar-refractivity contribution is 5.94. The van der Waals surface area contributed by atoms with Crippen LogP contribution in [0.3, 0.4) is 0 Å². The number of carbonyl (C=O) groups is 1. The fourth-order valence-electron chi connectivity index (χ4n) is 3.26. The Kier molecular flexibility index (Phi) is 4.55. The molecule has 1 fully saturated rings. The summed E-state index contributed by atoms with van der Waals surface area (Å²) in [5.74, 6) is 0.700. The number of methoxy groups -OCH3 is 1. The molecule has 0 saturated heterocycles. The van der Waals surface area contributed by atoms with Crippen LogP contribution in [-0.4, -0.2) is 23.0 Å². The Morgan fingerprint density at radius 1 is 1.09 bits per heavy atom. The summed E-state index contributed by atoms with van der Waals surface area (Å²) in [4.78, 5) is 20.5. The van der Waals surface area contributed by atoms with Crippen molar-refractivity contribution in [2.24, 2.45) is 0 Å². The highest BCUT2D eigenvalue weighted by Crippen LogP contribution is 2.38. The standard InChI is InChI=1S/C18H21N3O2/c1-23-16-7-5-15(6-8-16)18(9-3-2-4-10-18)21-17(22)14-11-19-13-20-12-14/h5-8,11-13H,2-4,9-10H2,1H3,(H,21,22). The second-order valence-corrected chi connectivity index (χ2v) is 5.95. The Bertz CT molecular complexity index is 650. The van der Waals surface area contributed by atoms with Gasteiger partial charge in [-0.05, 0) is 30.5 Å². The van der Waals surface area contributed by atoms with E-state index in [9.17, 15) is 4.79 Å². The maximum atomic E-state index is 12.6. The summed E-state index contributed by atoms with van der Waals surface area (Å²) < 4.78 is 5.24. The van der Waals surface area contributed by atoms with Crippen molar-refractivity contribution >= 4 is 5.91 Å². The van der Waals surface area contributed by atoms with E-state index in [1.165, 1.54) is 12.7 Å². The zero-order valence-corrected chi connectivity index (χ0v) is 13.3. The highest BCUT2D eigenvalue weighted by Gasteiger charge is 2.35. The molecule has 0 aliphatic heterocycles. The molecule has 1 aromatic carbocycles. The van der Waals surface area contributed by atoms with Gasteiger partial charge in [0.15, 0.2) is 0 Å². The summed E-state index contributed by atoms with van der Waals surface area (Å²) >= 11 is 0. The number of rotatable bonds is 4. The lowest BCUT2D eigenvalue weighted by Crippen LogP contribution is -2.47. The lowest BCUT2D eigenvalue weighted by atomic mass is 9.76. The van der Waals surface area contributed by atoms with Crippen LogP contribution < -0.4 is 10.1 Å². The van der Waals surface area contributed by atoms with Gasteiger partial charge < -0.3 is 10.1 Å². The molecule has 1 N–H and O–H groups in total. The van der Waals surface area contributed by atoms with Gasteiger partial charge in [0.05, 0.1) is 18.2 Å². The van der Waals surface area contributed by atoms with Gasteiger partial charge in [-0.3, -0.25) is 4.79 Å². The first-order valence-corrected chi connectivity index (χ1v) is 7.96. The normalized spacial score (nSPS) is 16.6. The van der Waals surface area contributed by atoms with Gasteiger partial charge in [0, 0.05) is 12.4 Å². The summed E-state index contributed by atoms with van der Waals surface area (Å²) in [6.07, 6.45) is 9.84. The van der Waals surface area contributed by atoms with Crippen LogP contribution in [-0.2, 0) is 5.54 Å². The average Bonchev–Trinajstić information content (AvgIpc) is 2.63. The minimum atomic E-state index is -0.322. The molecule has 23 heavy (non-hydrogen) atoms. The molecule has 0 atom stereocenters. The van der Waals surface area contributed by atoms with E-state index >= 15 is 0 Å². The number of aromatic nitrogens is 2. The van der Waals surface area contributed by atoms with Gasteiger partial charge in [-0.25, -0.2) is 9.97 Å². The van der Waals surface area contributed by atoms with E-state index in [2.05, 4.69) is 15.3 Å². The summed E-state index contributed by atoms with van der Waals surface area (Å²) in [6, 6.07) is 7.99. The second kappa shape index (κ2) is 6.77. The van der Waals surface area contributed by atoms with Crippen molar-refractivity contribution in [1.29, 1.82) is 0 Å². The van der Waals surface area contributed by atoms with Crippen LogP contribution in [0.15, 0.2) is 43.0 Å². The van der Waals surface area contributed by atoms with Crippen molar-refractivity contribution in [3.8, 4) is 5.75 Å². The van der Waals surface area contributed by atoms with E-state index in [-0.39, 0.29) is 11.4 Å². The van der Waals surface area contributed by atoms with Crippen LogP contribution in [0.4, 0.5) is 0 Å². The summed E-state index contributed by atoms with van der Waals surface area (Å²) in [5.41, 5.74) is 1.30. The molecule has 2 aromatic rings. The molecular formula is C18H21N3O2. The molecule has 120 valence electrons. The van der Waals surface area contributed by atoms with Gasteiger partial charge in [-0.1, -0.05) is 31.4 Å². The van der Waals surface area contributed by atoms with Crippen LogP contribution in [0.5, 0.6) is 5.75 Å². The van der Waals surface area contributed by atoms with E-state index in [4.69, 9.17) is 4.74 Å². The maximum Gasteiger partial charge on any atom is 0.255 e. The molecular weight excluding hydrogens is 290 g/mol. The molecule has 0 bridgehead atoms. The molecule has 0 spiro atoms. The third-order valence-electron chi connectivity index (χ3n) is 4.53. The predicted molar refractivity (Wildman–Crippen MR) is 87.3 cm³/mol. The molecule has 0 radical (unpaired) electrons. The van der Waals surface area contributed by atoms with E-state index in [0.29, 0.717) is 5.56 Å². The fraction of sp³-hybridized carbons (Fsp3) is 0.389. The molecule has 1 aliphatic rings. The monoisotopic (exact) mass is 311 g/mol. The molecule has 1 heterocycles. The maximum absolute atomic E-state index is 12.6. The van der Waals surface area contributed by atoms with Crippen LogP contribution in [0.1, 0.15) is 48.0 Å². The quantitative estimate of drug-likeness (QED) is 0.942. The fourth-order valence-corrected chi connectivity index (χ4v) is 3.26. The lowest BCUT2D eigenvalue weighted by molar-refractivity contribution is 0.0865. The Hall–Kier alpha value is -2.43. The van der Waals surface area contributed by atoms with Crippen LogP contribution in [0.2, 0.25) is 0 Å². The van der Waals surface area contributed by atoms with Gasteiger partial charge >= 0.3 is 0 Å². The first-order chi connectivity index (χ1) is 11.2. The Morgan fingerprint density at radius 2 is 1.74 bits per heavy atom. The zero-order chi connectivity index (χ0) is 16.1. The molecule has 5 heteroatoms. The van der Waals surface area contributed by atoms with Crippen LogP contribution in [0.25, 0.3) is 0 Å². The molecule has 3 rings (SSSR count). The summed E-state index contributed by atoms with van der Waals surface area (Å²) in [6.45, 7) is 0. The molecule has 5 nitrogen and oxygen atoms in total. The van der Waals surface area contributed by atoms with Gasteiger partial charge in [0.2, 0.25) is 0 Å². The van der Waals surface area contributed by atoms with E-state index < -0.39 is 0 Å². The first-order valence-electron chi connectivity index (χ1n) is 7.96. The molecule has 0 unspecified atom stereocenters. The molecule has 1 aliphatic carbocycles. The number of hydrogen-bond donors (Lipinski definition) is 1. The van der Waals surface area contributed by atoms with Crippen molar-refractivity contribution < 1.29 is 9.53 Å². The third kappa shape index (κ3) is 3.33. The lowest BCUT2D eigenvalue weighted by Gasteiger charge is -2.38. The predicted octanol–water partition coefficient (Wildman–Crippen LogP) is 3.07. The number of amides is 1. The SMILES string of the molecule is COc1ccc(C2(NC(=O)c3cncnc3)CCCCC2)cc1. The number of ether oxygens (including phenoxy) is 1. The number of nitrogens with zero attached hydrogens (tertiary/aromatic N) is 2. The van der Waals surface area contributed by atoms with Gasteiger partial charge in [-0.15, -0.1) is 0 Å². The third-order valence-corrected chi connectivity index (χ3v) is 4.53. The Balaban J connectivity index is 1.88. The van der Waals surface area contributed by atoms with Crippen molar-refractivity contribution in [3.63, 3.8) is 0 Å². The molecule has 1 amide bonds. The summed E-state index contributed by atoms with van der Waals surface area (Å²) in [5, 5.41) is 3.24. The van der Waals surface area contributed by atoms with Crippen molar-refractivity contribution in [2.45, 2.75) is 37.6 Å². The average molecular weight is 311 g/mol. The highest BCUT2D eigenvalue weighted by atomic mass is 16.5. The van der Waals surface area contributed by atoms with E-state index in [0.717, 1.165) is 37.0 Å². The van der Waals surface area contributed by atoms with Crippen LogP contribution in [0, 0.1) is 0 Å². The molecule has 1 saturated carbocycles. The second-order valence-electron chi connectivity index (χ2n) is 5.95. The number of nitrogens with one attached hydrogen (secondary N) is 1. The number of hydrogen-bond acceptors (Lipinski definition) is 4. The summed E-state index contributed by atoms with van der Waals surface area (Å²) in [7, 11) is 1.66. The number of carbonyl (C=O) groups excluding carboxylic acids is 1. The van der Waals surface area contributed by atoms with E-state index in [1.54, 1.807) is 19.5 Å². The van der Waals surface area contributed by atoms with Crippen molar-refractivity contribution in [2.75, 3.05) is 7.11 Å². The number of benzene rings is 1. The molecule has 1 aromatic heterocycles. The smallest absolute Gasteiger partial charge is 0.255 e. The minimum absolute atomic E-state index is 0.122. The van der Waals surface area contributed by atoms with Crippen molar-refractivity contribution in [3.05, 3.63) is 54.1 Å². The van der Waals surface area contributed by atoms with Gasteiger partial charge in [-0.2, -0.15) is 0 Å². The zero-order valence-electron chi connectivity index (χ0n) is 13.3. The Morgan fingerprint density at radius 3 is 2.35 bits per heavy atom. The Labute approximate surface area is 136 Å². The minimum Gasteiger partial charge on any atom is -0.497 e. The topological polar surface area (TPSA) is 64.1 Å². The van der Waals surface area contributed by atoms with Crippen LogP contribution >= 0.6 is 0 Å².